The predicted molar refractivity (Wildman–Crippen MR) is 103 cm³/mol. The Hall–Kier alpha value is -1.79. The molecule has 0 bridgehead atoms. The van der Waals surface area contributed by atoms with Crippen molar-refractivity contribution in [3.8, 4) is 0 Å². The highest BCUT2D eigenvalue weighted by Crippen LogP contribution is 2.35. The Labute approximate surface area is 180 Å². The van der Waals surface area contributed by atoms with Crippen LogP contribution in [0.2, 0.25) is 0 Å². The molecule has 2 saturated heterocycles. The summed E-state index contributed by atoms with van der Waals surface area (Å²) in [5.41, 5.74) is 0. The van der Waals surface area contributed by atoms with Crippen molar-refractivity contribution in [1.82, 2.24) is 0 Å². The number of aliphatic carboxylic acids is 1. The standard InChI is InChI=1S/C20H32O11/c1-8-10(3)28-13(7-27-11(4)21)17(16(8)29-12(5)22)30-20-9(2)15(26-6)14(23)18(31-20)19(24)25/h8-10,13-18,20,23H,7H2,1-6H3,(H,24,25)/t8-,9+,10+,13+,14-,15+,16+,17+,18-,20+/m0/s1. The van der Waals surface area contributed by atoms with Gasteiger partial charge >= 0.3 is 17.9 Å². The van der Waals surface area contributed by atoms with E-state index in [1.807, 2.05) is 6.92 Å². The SMILES string of the molecule is CO[C@@H]1[C@@H](C)[C@H](O[C@H]2[C@H](OC(C)=O)[C@@H](C)[C@@H](C)O[C@@H]2COC(C)=O)O[C@H](C(=O)O)[C@H]1O. The van der Waals surface area contributed by atoms with Gasteiger partial charge in [-0.15, -0.1) is 0 Å². The van der Waals surface area contributed by atoms with E-state index in [2.05, 4.69) is 0 Å². The van der Waals surface area contributed by atoms with Gasteiger partial charge in [-0.1, -0.05) is 13.8 Å². The largest absolute Gasteiger partial charge is 0.479 e. The summed E-state index contributed by atoms with van der Waals surface area (Å²) in [6, 6.07) is 0. The molecule has 0 aromatic rings. The van der Waals surface area contributed by atoms with Gasteiger partial charge in [-0.2, -0.15) is 0 Å². The van der Waals surface area contributed by atoms with E-state index in [-0.39, 0.29) is 18.6 Å². The summed E-state index contributed by atoms with van der Waals surface area (Å²) in [5.74, 6) is -3.27. The van der Waals surface area contributed by atoms with Crippen molar-refractivity contribution in [3.05, 3.63) is 0 Å². The number of esters is 2. The van der Waals surface area contributed by atoms with Gasteiger partial charge in [0.25, 0.3) is 0 Å². The van der Waals surface area contributed by atoms with Gasteiger partial charge in [0, 0.05) is 32.8 Å². The Balaban J connectivity index is 2.33. The minimum atomic E-state index is -1.58. The lowest BCUT2D eigenvalue weighted by Gasteiger charge is -2.47. The average Bonchev–Trinajstić information content (AvgIpc) is 2.67. The van der Waals surface area contributed by atoms with Crippen LogP contribution in [0.4, 0.5) is 0 Å². The second-order valence-corrected chi connectivity index (χ2v) is 8.03. The van der Waals surface area contributed by atoms with E-state index >= 15 is 0 Å². The van der Waals surface area contributed by atoms with Gasteiger partial charge in [-0.25, -0.2) is 4.79 Å². The first-order valence-electron chi connectivity index (χ1n) is 10.2. The fourth-order valence-electron chi connectivity index (χ4n) is 3.98. The van der Waals surface area contributed by atoms with Gasteiger partial charge in [0.2, 0.25) is 0 Å². The smallest absolute Gasteiger partial charge is 0.335 e. The van der Waals surface area contributed by atoms with Gasteiger partial charge in [-0.05, 0) is 6.92 Å². The van der Waals surface area contributed by atoms with Crippen molar-refractivity contribution < 1.29 is 53.0 Å². The Morgan fingerprint density at radius 2 is 1.58 bits per heavy atom. The van der Waals surface area contributed by atoms with Crippen molar-refractivity contribution in [3.63, 3.8) is 0 Å². The number of carboxylic acids is 1. The third-order valence-electron chi connectivity index (χ3n) is 5.77. The summed E-state index contributed by atoms with van der Waals surface area (Å²) in [5, 5.41) is 19.7. The van der Waals surface area contributed by atoms with E-state index in [0.717, 1.165) is 0 Å². The van der Waals surface area contributed by atoms with E-state index in [4.69, 9.17) is 28.4 Å². The first kappa shape index (κ1) is 25.5. The zero-order valence-electron chi connectivity index (χ0n) is 18.5. The van der Waals surface area contributed by atoms with Crippen LogP contribution in [-0.4, -0.2) is 90.9 Å². The number of hydrogen-bond donors (Lipinski definition) is 2. The van der Waals surface area contributed by atoms with Gasteiger partial charge < -0.3 is 38.6 Å². The number of methoxy groups -OCH3 is 1. The van der Waals surface area contributed by atoms with Crippen LogP contribution in [0, 0.1) is 11.8 Å². The van der Waals surface area contributed by atoms with Crippen LogP contribution in [0.25, 0.3) is 0 Å². The van der Waals surface area contributed by atoms with E-state index in [1.165, 1.54) is 21.0 Å². The third-order valence-corrected chi connectivity index (χ3v) is 5.77. The predicted octanol–water partition coefficient (Wildman–Crippen LogP) is 0.111. The lowest BCUT2D eigenvalue weighted by atomic mass is 9.87. The monoisotopic (exact) mass is 448 g/mol. The Morgan fingerprint density at radius 1 is 0.935 bits per heavy atom. The molecule has 2 aliphatic rings. The van der Waals surface area contributed by atoms with Crippen LogP contribution >= 0.6 is 0 Å². The van der Waals surface area contributed by atoms with Crippen molar-refractivity contribution in [2.24, 2.45) is 11.8 Å². The summed E-state index contributed by atoms with van der Waals surface area (Å²) in [6.07, 6.45) is -7.81. The fraction of sp³-hybridized carbons (Fsp3) is 0.850. The van der Waals surface area contributed by atoms with Crippen LogP contribution in [0.3, 0.4) is 0 Å². The first-order valence-corrected chi connectivity index (χ1v) is 10.2. The Kier molecular flexibility index (Phi) is 8.78. The number of aliphatic hydroxyl groups is 1. The second kappa shape index (κ2) is 10.7. The van der Waals surface area contributed by atoms with Gasteiger partial charge in [0.15, 0.2) is 12.4 Å². The summed E-state index contributed by atoms with van der Waals surface area (Å²) in [6.45, 7) is 7.66. The molecule has 0 aromatic carbocycles. The van der Waals surface area contributed by atoms with Crippen LogP contribution in [0.5, 0.6) is 0 Å². The molecule has 11 nitrogen and oxygen atoms in total. The molecule has 2 aliphatic heterocycles. The molecule has 0 aliphatic carbocycles. The number of carbonyl (C=O) groups excluding carboxylic acids is 2. The highest BCUT2D eigenvalue weighted by Gasteiger charge is 2.51. The van der Waals surface area contributed by atoms with Crippen molar-refractivity contribution in [2.75, 3.05) is 13.7 Å². The molecule has 0 radical (unpaired) electrons. The quantitative estimate of drug-likeness (QED) is 0.511. The number of ether oxygens (including phenoxy) is 6. The van der Waals surface area contributed by atoms with Crippen molar-refractivity contribution in [1.29, 1.82) is 0 Å². The highest BCUT2D eigenvalue weighted by molar-refractivity contribution is 5.73. The number of carbonyl (C=O) groups is 3. The molecular formula is C20H32O11. The normalized spacial score (nSPS) is 40.7. The molecule has 2 rings (SSSR count). The lowest BCUT2D eigenvalue weighted by Crippen LogP contribution is -2.62. The zero-order valence-corrected chi connectivity index (χ0v) is 18.5. The molecule has 2 N–H and O–H groups in total. The van der Waals surface area contributed by atoms with Gasteiger partial charge in [0.1, 0.15) is 31.0 Å². The third kappa shape index (κ3) is 5.92. The van der Waals surface area contributed by atoms with Crippen LogP contribution in [0.15, 0.2) is 0 Å². The minimum Gasteiger partial charge on any atom is -0.479 e. The van der Waals surface area contributed by atoms with E-state index in [1.54, 1.807) is 13.8 Å². The maximum absolute atomic E-state index is 11.8. The number of rotatable bonds is 7. The second-order valence-electron chi connectivity index (χ2n) is 8.03. The molecule has 0 aromatic heterocycles. The molecule has 0 amide bonds. The van der Waals surface area contributed by atoms with Crippen LogP contribution < -0.4 is 0 Å². The van der Waals surface area contributed by atoms with E-state index < -0.39 is 66.7 Å². The summed E-state index contributed by atoms with van der Waals surface area (Å²) < 4.78 is 33.5. The van der Waals surface area contributed by atoms with E-state index in [0.29, 0.717) is 0 Å². The van der Waals surface area contributed by atoms with Crippen molar-refractivity contribution in [2.45, 2.75) is 83.6 Å². The average molecular weight is 448 g/mol. The lowest BCUT2D eigenvalue weighted by molar-refractivity contribution is -0.323. The zero-order chi connectivity index (χ0) is 23.5. The highest BCUT2D eigenvalue weighted by atomic mass is 16.7. The molecule has 2 heterocycles. The molecule has 0 unspecified atom stereocenters. The minimum absolute atomic E-state index is 0.158. The Morgan fingerprint density at radius 3 is 2.10 bits per heavy atom. The first-order chi connectivity index (χ1) is 14.5. The fourth-order valence-corrected chi connectivity index (χ4v) is 3.98. The molecule has 0 spiro atoms. The van der Waals surface area contributed by atoms with Crippen molar-refractivity contribution >= 4 is 17.9 Å². The molecule has 2 fully saturated rings. The summed E-state index contributed by atoms with van der Waals surface area (Å²) in [7, 11) is 1.35. The molecule has 0 saturated carbocycles. The van der Waals surface area contributed by atoms with E-state index in [9.17, 15) is 24.6 Å². The molecule has 31 heavy (non-hydrogen) atoms. The molecular weight excluding hydrogens is 416 g/mol. The number of aliphatic hydroxyl groups excluding tert-OH is 1. The summed E-state index contributed by atoms with van der Waals surface area (Å²) in [4.78, 5) is 34.7. The van der Waals surface area contributed by atoms with Gasteiger partial charge in [-0.3, -0.25) is 9.59 Å². The van der Waals surface area contributed by atoms with Crippen LogP contribution in [0.1, 0.15) is 34.6 Å². The summed E-state index contributed by atoms with van der Waals surface area (Å²) >= 11 is 0. The topological polar surface area (TPSA) is 147 Å². The molecule has 11 heteroatoms. The molecule has 10 atom stereocenters. The molecule has 178 valence electrons. The maximum atomic E-state index is 11.8. The number of carboxylic acid groups (broad SMARTS) is 1. The van der Waals surface area contributed by atoms with Gasteiger partial charge in [0.05, 0.1) is 12.2 Å². The van der Waals surface area contributed by atoms with Crippen LogP contribution in [-0.2, 0) is 42.8 Å². The maximum Gasteiger partial charge on any atom is 0.335 e. The Bertz CT molecular complexity index is 653. The number of hydrogen-bond acceptors (Lipinski definition) is 10.